The van der Waals surface area contributed by atoms with Crippen LogP contribution in [0.5, 0.6) is 0 Å². The van der Waals surface area contributed by atoms with Crippen LogP contribution in [0.3, 0.4) is 0 Å². The summed E-state index contributed by atoms with van der Waals surface area (Å²) in [5, 5.41) is 0. The zero-order valence-corrected chi connectivity index (χ0v) is 9.66. The number of anilines is 1. The zero-order valence-electron chi connectivity index (χ0n) is 9.66. The summed E-state index contributed by atoms with van der Waals surface area (Å²) in [6.45, 7) is 4.13. The highest BCUT2D eigenvalue weighted by molar-refractivity contribution is 5.46. The normalized spacial score (nSPS) is 10.4. The molecule has 0 atom stereocenters. The predicted molar refractivity (Wildman–Crippen MR) is 62.0 cm³/mol. The number of nitrogens with zero attached hydrogens (tertiary/aromatic N) is 2. The van der Waals surface area contributed by atoms with Gasteiger partial charge in [-0.3, -0.25) is 0 Å². The van der Waals surface area contributed by atoms with E-state index in [1.165, 1.54) is 0 Å². The number of hydrogen-bond donors (Lipinski definition) is 1. The standard InChI is InChI=1S/C11H19N3O/c1-9-6-10(7-12)8-13-11(9)14(2)4-5-15-3/h6,8H,4-5,7,12H2,1-3H3. The molecule has 0 aliphatic rings. The lowest BCUT2D eigenvalue weighted by Gasteiger charge is -2.19. The molecule has 0 aliphatic carbocycles. The van der Waals surface area contributed by atoms with Crippen LogP contribution in [0.4, 0.5) is 5.82 Å². The molecular formula is C11H19N3O. The van der Waals surface area contributed by atoms with Gasteiger partial charge in [-0.05, 0) is 24.1 Å². The van der Waals surface area contributed by atoms with Crippen molar-refractivity contribution in [2.75, 3.05) is 32.2 Å². The number of nitrogens with two attached hydrogens (primary N) is 1. The Bertz CT molecular complexity index is 315. The van der Waals surface area contributed by atoms with E-state index in [1.807, 2.05) is 20.2 Å². The summed E-state index contributed by atoms with van der Waals surface area (Å²) in [7, 11) is 3.71. The van der Waals surface area contributed by atoms with Crippen LogP contribution in [0.2, 0.25) is 0 Å². The van der Waals surface area contributed by atoms with Crippen LogP contribution in [0, 0.1) is 6.92 Å². The maximum absolute atomic E-state index is 5.55. The second-order valence-electron chi connectivity index (χ2n) is 3.60. The third-order valence-electron chi connectivity index (χ3n) is 2.34. The quantitative estimate of drug-likeness (QED) is 0.784. The Kier molecular flexibility index (Phi) is 4.52. The van der Waals surface area contributed by atoms with Crippen molar-refractivity contribution in [2.24, 2.45) is 5.73 Å². The molecule has 1 heterocycles. The molecule has 0 radical (unpaired) electrons. The molecule has 0 amide bonds. The smallest absolute Gasteiger partial charge is 0.131 e. The van der Waals surface area contributed by atoms with Gasteiger partial charge in [-0.25, -0.2) is 4.98 Å². The van der Waals surface area contributed by atoms with Crippen LogP contribution >= 0.6 is 0 Å². The van der Waals surface area contributed by atoms with E-state index >= 15 is 0 Å². The molecule has 0 spiro atoms. The van der Waals surface area contributed by atoms with Gasteiger partial charge in [-0.15, -0.1) is 0 Å². The predicted octanol–water partition coefficient (Wildman–Crippen LogP) is 0.931. The lowest BCUT2D eigenvalue weighted by Crippen LogP contribution is -2.24. The van der Waals surface area contributed by atoms with Crippen molar-refractivity contribution in [3.05, 3.63) is 23.4 Å². The number of methoxy groups -OCH3 is 1. The Balaban J connectivity index is 2.76. The summed E-state index contributed by atoms with van der Waals surface area (Å²) < 4.78 is 5.03. The number of rotatable bonds is 5. The maximum atomic E-state index is 5.55. The fourth-order valence-electron chi connectivity index (χ4n) is 1.47. The van der Waals surface area contributed by atoms with E-state index in [0.29, 0.717) is 13.2 Å². The summed E-state index contributed by atoms with van der Waals surface area (Å²) in [5.41, 5.74) is 7.77. The van der Waals surface area contributed by atoms with Gasteiger partial charge in [-0.1, -0.05) is 0 Å². The van der Waals surface area contributed by atoms with E-state index in [1.54, 1.807) is 7.11 Å². The van der Waals surface area contributed by atoms with E-state index in [2.05, 4.69) is 16.0 Å². The maximum Gasteiger partial charge on any atom is 0.131 e. The highest BCUT2D eigenvalue weighted by Crippen LogP contribution is 2.15. The monoisotopic (exact) mass is 209 g/mol. The van der Waals surface area contributed by atoms with Gasteiger partial charge in [0.05, 0.1) is 6.61 Å². The second kappa shape index (κ2) is 5.68. The minimum atomic E-state index is 0.538. The first kappa shape index (κ1) is 11.9. The molecule has 1 aromatic rings. The third-order valence-corrected chi connectivity index (χ3v) is 2.34. The summed E-state index contributed by atoms with van der Waals surface area (Å²) in [5.74, 6) is 0.990. The van der Waals surface area contributed by atoms with Crippen LogP contribution < -0.4 is 10.6 Å². The van der Waals surface area contributed by atoms with E-state index in [4.69, 9.17) is 10.5 Å². The molecular weight excluding hydrogens is 190 g/mol. The summed E-state index contributed by atoms with van der Waals surface area (Å²) in [6, 6.07) is 2.08. The molecule has 0 saturated carbocycles. The van der Waals surface area contributed by atoms with Crippen LogP contribution in [0.15, 0.2) is 12.3 Å². The first-order chi connectivity index (χ1) is 7.19. The molecule has 0 saturated heterocycles. The van der Waals surface area contributed by atoms with Gasteiger partial charge < -0.3 is 15.4 Å². The van der Waals surface area contributed by atoms with Crippen molar-refractivity contribution >= 4 is 5.82 Å². The highest BCUT2D eigenvalue weighted by atomic mass is 16.5. The molecule has 1 rings (SSSR count). The molecule has 84 valence electrons. The molecule has 4 heteroatoms. The summed E-state index contributed by atoms with van der Waals surface area (Å²) >= 11 is 0. The van der Waals surface area contributed by atoms with Crippen molar-refractivity contribution in [3.8, 4) is 0 Å². The van der Waals surface area contributed by atoms with Gasteiger partial charge >= 0.3 is 0 Å². The summed E-state index contributed by atoms with van der Waals surface area (Å²) in [4.78, 5) is 6.47. The fraction of sp³-hybridized carbons (Fsp3) is 0.545. The number of aryl methyl sites for hydroxylation is 1. The van der Waals surface area contributed by atoms with E-state index in [9.17, 15) is 0 Å². The Morgan fingerprint density at radius 2 is 2.27 bits per heavy atom. The third kappa shape index (κ3) is 3.18. The van der Waals surface area contributed by atoms with Gasteiger partial charge in [0.15, 0.2) is 0 Å². The van der Waals surface area contributed by atoms with E-state index in [0.717, 1.165) is 23.5 Å². The Morgan fingerprint density at radius 3 is 2.80 bits per heavy atom. The van der Waals surface area contributed by atoms with Crippen molar-refractivity contribution < 1.29 is 4.74 Å². The SMILES string of the molecule is COCCN(C)c1ncc(CN)cc1C. The van der Waals surface area contributed by atoms with Gasteiger partial charge in [0.1, 0.15) is 5.82 Å². The highest BCUT2D eigenvalue weighted by Gasteiger charge is 2.06. The fourth-order valence-corrected chi connectivity index (χ4v) is 1.47. The van der Waals surface area contributed by atoms with Gasteiger partial charge in [0.2, 0.25) is 0 Å². The first-order valence-corrected chi connectivity index (χ1v) is 5.04. The van der Waals surface area contributed by atoms with Crippen molar-refractivity contribution in [1.82, 2.24) is 4.98 Å². The zero-order chi connectivity index (χ0) is 11.3. The van der Waals surface area contributed by atoms with Crippen LogP contribution in [-0.4, -0.2) is 32.3 Å². The Labute approximate surface area is 91.1 Å². The molecule has 1 aromatic heterocycles. The molecule has 0 fully saturated rings. The molecule has 0 aromatic carbocycles. The topological polar surface area (TPSA) is 51.4 Å². The van der Waals surface area contributed by atoms with Gasteiger partial charge in [-0.2, -0.15) is 0 Å². The Hall–Kier alpha value is -1.13. The number of hydrogen-bond acceptors (Lipinski definition) is 4. The molecule has 15 heavy (non-hydrogen) atoms. The van der Waals surface area contributed by atoms with Gasteiger partial charge in [0.25, 0.3) is 0 Å². The van der Waals surface area contributed by atoms with E-state index in [-0.39, 0.29) is 0 Å². The second-order valence-corrected chi connectivity index (χ2v) is 3.60. The average Bonchev–Trinajstić information content (AvgIpc) is 2.25. The number of aromatic nitrogens is 1. The van der Waals surface area contributed by atoms with Crippen molar-refractivity contribution in [3.63, 3.8) is 0 Å². The molecule has 0 aliphatic heterocycles. The molecule has 4 nitrogen and oxygen atoms in total. The molecule has 0 unspecified atom stereocenters. The number of ether oxygens (including phenoxy) is 1. The van der Waals surface area contributed by atoms with Crippen molar-refractivity contribution in [2.45, 2.75) is 13.5 Å². The van der Waals surface area contributed by atoms with Crippen molar-refractivity contribution in [1.29, 1.82) is 0 Å². The average molecular weight is 209 g/mol. The molecule has 0 bridgehead atoms. The lowest BCUT2D eigenvalue weighted by atomic mass is 10.2. The number of pyridine rings is 1. The lowest BCUT2D eigenvalue weighted by molar-refractivity contribution is 0.206. The minimum absolute atomic E-state index is 0.538. The van der Waals surface area contributed by atoms with E-state index < -0.39 is 0 Å². The van der Waals surface area contributed by atoms with Gasteiger partial charge in [0, 0.05) is 33.4 Å². The molecule has 2 N–H and O–H groups in total. The minimum Gasteiger partial charge on any atom is -0.383 e. The summed E-state index contributed by atoms with van der Waals surface area (Å²) in [6.07, 6.45) is 1.83. The Morgan fingerprint density at radius 1 is 1.53 bits per heavy atom. The first-order valence-electron chi connectivity index (χ1n) is 5.04. The van der Waals surface area contributed by atoms with Crippen LogP contribution in [-0.2, 0) is 11.3 Å². The van der Waals surface area contributed by atoms with Crippen LogP contribution in [0.1, 0.15) is 11.1 Å². The largest absolute Gasteiger partial charge is 0.383 e. The van der Waals surface area contributed by atoms with Crippen LogP contribution in [0.25, 0.3) is 0 Å². The number of likely N-dealkylation sites (N-methyl/N-ethyl adjacent to an activating group) is 1.